The average Bonchev–Trinajstić information content (AvgIpc) is 2.75. The predicted molar refractivity (Wildman–Crippen MR) is 81.9 cm³/mol. The summed E-state index contributed by atoms with van der Waals surface area (Å²) in [6.07, 6.45) is 8.60. The molecule has 1 saturated heterocycles. The van der Waals surface area contributed by atoms with Crippen LogP contribution in [0.5, 0.6) is 0 Å². The van der Waals surface area contributed by atoms with Crippen molar-refractivity contribution in [3.63, 3.8) is 0 Å². The lowest BCUT2D eigenvalue weighted by molar-refractivity contribution is -0.151. The molecule has 2 aliphatic rings. The van der Waals surface area contributed by atoms with Crippen molar-refractivity contribution in [3.8, 4) is 0 Å². The minimum absolute atomic E-state index is 0.0608. The van der Waals surface area contributed by atoms with Gasteiger partial charge in [-0.25, -0.2) is 0 Å². The summed E-state index contributed by atoms with van der Waals surface area (Å²) in [4.78, 5) is 25.9. The molecular weight excluding hydrogens is 266 g/mol. The Morgan fingerprint density at radius 1 is 1.19 bits per heavy atom. The highest BCUT2D eigenvalue weighted by Crippen LogP contribution is 2.39. The Bertz CT molecular complexity index is 385. The van der Waals surface area contributed by atoms with E-state index < -0.39 is 11.4 Å². The zero-order chi connectivity index (χ0) is 15.5. The Kier molecular flexibility index (Phi) is 5.28. The maximum atomic E-state index is 12.5. The van der Waals surface area contributed by atoms with Crippen molar-refractivity contribution in [1.82, 2.24) is 4.90 Å². The molecule has 1 N–H and O–H groups in total. The molecule has 0 aromatic rings. The third kappa shape index (κ3) is 3.58. The molecule has 2 fully saturated rings. The molecule has 1 unspecified atom stereocenters. The number of hydrogen-bond donors (Lipinski definition) is 1. The number of carboxylic acids is 1. The van der Waals surface area contributed by atoms with Gasteiger partial charge < -0.3 is 10.0 Å². The second-order valence-corrected chi connectivity index (χ2v) is 7.24. The number of nitrogens with zero attached hydrogens (tertiary/aromatic N) is 1. The van der Waals surface area contributed by atoms with E-state index in [1.54, 1.807) is 4.90 Å². The van der Waals surface area contributed by atoms with Gasteiger partial charge in [-0.3, -0.25) is 9.59 Å². The van der Waals surface area contributed by atoms with Crippen molar-refractivity contribution >= 4 is 11.9 Å². The number of hydrogen-bond acceptors (Lipinski definition) is 2. The summed E-state index contributed by atoms with van der Waals surface area (Å²) < 4.78 is 0. The maximum Gasteiger partial charge on any atom is 0.311 e. The van der Waals surface area contributed by atoms with Gasteiger partial charge in [-0.1, -0.05) is 39.5 Å². The molecule has 0 bridgehead atoms. The van der Waals surface area contributed by atoms with E-state index in [1.807, 2.05) is 13.8 Å². The molecule has 0 spiro atoms. The number of carboxylic acid groups (broad SMARTS) is 1. The van der Waals surface area contributed by atoms with Crippen LogP contribution in [0.4, 0.5) is 0 Å². The second kappa shape index (κ2) is 6.80. The number of rotatable bonds is 4. The Hall–Kier alpha value is -1.06. The topological polar surface area (TPSA) is 57.6 Å². The highest BCUT2D eigenvalue weighted by molar-refractivity contribution is 5.81. The lowest BCUT2D eigenvalue weighted by atomic mass is 9.76. The zero-order valence-corrected chi connectivity index (χ0v) is 13.4. The van der Waals surface area contributed by atoms with Crippen LogP contribution in [-0.2, 0) is 9.59 Å². The molecule has 120 valence electrons. The first kappa shape index (κ1) is 16.3. The van der Waals surface area contributed by atoms with Gasteiger partial charge in [0, 0.05) is 19.5 Å². The largest absolute Gasteiger partial charge is 0.481 e. The van der Waals surface area contributed by atoms with Crippen LogP contribution in [0.15, 0.2) is 0 Å². The molecule has 1 amide bonds. The highest BCUT2D eigenvalue weighted by atomic mass is 16.4. The van der Waals surface area contributed by atoms with Gasteiger partial charge in [0.25, 0.3) is 0 Å². The molecule has 0 aromatic carbocycles. The summed E-state index contributed by atoms with van der Waals surface area (Å²) in [6, 6.07) is 0. The van der Waals surface area contributed by atoms with Crippen LogP contribution in [-0.4, -0.2) is 35.0 Å². The van der Waals surface area contributed by atoms with Gasteiger partial charge in [-0.15, -0.1) is 0 Å². The summed E-state index contributed by atoms with van der Waals surface area (Å²) in [5, 5.41) is 9.55. The second-order valence-electron chi connectivity index (χ2n) is 7.24. The quantitative estimate of drug-likeness (QED) is 0.810. The summed E-state index contributed by atoms with van der Waals surface area (Å²) in [7, 11) is 0. The molecule has 1 heterocycles. The van der Waals surface area contributed by atoms with Crippen LogP contribution in [0, 0.1) is 17.3 Å². The van der Waals surface area contributed by atoms with Crippen LogP contribution >= 0.6 is 0 Å². The fraction of sp³-hybridized carbons (Fsp3) is 0.882. The van der Waals surface area contributed by atoms with Gasteiger partial charge >= 0.3 is 5.97 Å². The first-order valence-electron chi connectivity index (χ1n) is 8.47. The highest BCUT2D eigenvalue weighted by Gasteiger charge is 2.48. The van der Waals surface area contributed by atoms with Crippen molar-refractivity contribution in [2.24, 2.45) is 17.3 Å². The van der Waals surface area contributed by atoms with Gasteiger partial charge in [0.05, 0.1) is 5.41 Å². The van der Waals surface area contributed by atoms with Crippen molar-refractivity contribution in [3.05, 3.63) is 0 Å². The van der Waals surface area contributed by atoms with Crippen LogP contribution in [0.25, 0.3) is 0 Å². The fourth-order valence-electron chi connectivity index (χ4n) is 3.88. The molecule has 0 aromatic heterocycles. The molecule has 1 atom stereocenters. The summed E-state index contributed by atoms with van der Waals surface area (Å²) >= 11 is 0. The van der Waals surface area contributed by atoms with Crippen molar-refractivity contribution in [1.29, 1.82) is 0 Å². The molecule has 21 heavy (non-hydrogen) atoms. The molecular formula is C17H29NO3. The molecule has 4 nitrogen and oxygen atoms in total. The first-order chi connectivity index (χ1) is 9.95. The number of likely N-dealkylation sites (tertiary alicyclic amines) is 1. The lowest BCUT2D eigenvalue weighted by Crippen LogP contribution is -2.40. The van der Waals surface area contributed by atoms with Crippen LogP contribution in [0.3, 0.4) is 0 Å². The Morgan fingerprint density at radius 2 is 1.81 bits per heavy atom. The molecule has 1 saturated carbocycles. The Labute approximate surface area is 127 Å². The van der Waals surface area contributed by atoms with E-state index in [0.29, 0.717) is 31.8 Å². The minimum Gasteiger partial charge on any atom is -0.481 e. The molecule has 1 aliphatic heterocycles. The number of carbonyl (C=O) groups is 2. The van der Waals surface area contributed by atoms with E-state index in [0.717, 1.165) is 12.8 Å². The smallest absolute Gasteiger partial charge is 0.311 e. The molecule has 2 rings (SSSR count). The van der Waals surface area contributed by atoms with Crippen molar-refractivity contribution in [2.45, 2.75) is 65.2 Å². The van der Waals surface area contributed by atoms with Gasteiger partial charge in [0.2, 0.25) is 5.91 Å². The summed E-state index contributed by atoms with van der Waals surface area (Å²) in [5.41, 5.74) is -0.737. The van der Waals surface area contributed by atoms with Crippen molar-refractivity contribution < 1.29 is 14.7 Å². The fourth-order valence-corrected chi connectivity index (χ4v) is 3.88. The minimum atomic E-state index is -0.748. The monoisotopic (exact) mass is 295 g/mol. The van der Waals surface area contributed by atoms with E-state index in [2.05, 4.69) is 0 Å². The van der Waals surface area contributed by atoms with Gasteiger partial charge in [0.1, 0.15) is 0 Å². The van der Waals surface area contributed by atoms with E-state index >= 15 is 0 Å². The maximum absolute atomic E-state index is 12.5. The van der Waals surface area contributed by atoms with E-state index in [-0.39, 0.29) is 11.8 Å². The first-order valence-corrected chi connectivity index (χ1v) is 8.47. The normalized spacial score (nSPS) is 27.9. The van der Waals surface area contributed by atoms with Gasteiger partial charge in [-0.05, 0) is 31.1 Å². The Morgan fingerprint density at radius 3 is 2.29 bits per heavy atom. The third-order valence-electron chi connectivity index (χ3n) is 5.62. The SMILES string of the molecule is CC(C)C1(C(=O)O)CCN(C(=O)CC2CCCCCC2)C1. The zero-order valence-electron chi connectivity index (χ0n) is 13.4. The van der Waals surface area contributed by atoms with Gasteiger partial charge in [-0.2, -0.15) is 0 Å². The summed E-state index contributed by atoms with van der Waals surface area (Å²) in [6.45, 7) is 4.91. The molecule has 4 heteroatoms. The van der Waals surface area contributed by atoms with E-state index in [9.17, 15) is 14.7 Å². The molecule has 0 radical (unpaired) electrons. The van der Waals surface area contributed by atoms with Crippen molar-refractivity contribution in [2.75, 3.05) is 13.1 Å². The predicted octanol–water partition coefficient (Wildman–Crippen LogP) is 3.31. The van der Waals surface area contributed by atoms with Crippen LogP contribution in [0.1, 0.15) is 65.2 Å². The van der Waals surface area contributed by atoms with E-state index in [1.165, 1.54) is 25.7 Å². The number of aliphatic carboxylic acids is 1. The van der Waals surface area contributed by atoms with Gasteiger partial charge in [0.15, 0.2) is 0 Å². The number of carbonyl (C=O) groups excluding carboxylic acids is 1. The third-order valence-corrected chi connectivity index (χ3v) is 5.62. The average molecular weight is 295 g/mol. The summed E-state index contributed by atoms with van der Waals surface area (Å²) in [5.74, 6) is -0.00231. The standard InChI is InChI=1S/C17H29NO3/c1-13(2)17(16(20)21)9-10-18(12-17)15(19)11-14-7-5-3-4-6-8-14/h13-14H,3-12H2,1-2H3,(H,20,21). The lowest BCUT2D eigenvalue weighted by Gasteiger charge is -2.29. The molecule has 1 aliphatic carbocycles. The Balaban J connectivity index is 1.93. The number of amides is 1. The van der Waals surface area contributed by atoms with Crippen LogP contribution < -0.4 is 0 Å². The van der Waals surface area contributed by atoms with Crippen LogP contribution in [0.2, 0.25) is 0 Å². The van der Waals surface area contributed by atoms with E-state index in [4.69, 9.17) is 0 Å².